The second kappa shape index (κ2) is 6.44. The Labute approximate surface area is 138 Å². The van der Waals surface area contributed by atoms with Gasteiger partial charge < -0.3 is 5.32 Å². The average Bonchev–Trinajstić information content (AvgIpc) is 3.10. The van der Waals surface area contributed by atoms with Gasteiger partial charge in [0.1, 0.15) is 5.82 Å². The van der Waals surface area contributed by atoms with Crippen LogP contribution in [0.5, 0.6) is 0 Å². The van der Waals surface area contributed by atoms with Crippen LogP contribution in [0.25, 0.3) is 10.7 Å². The lowest BCUT2D eigenvalue weighted by Gasteiger charge is -2.12. The summed E-state index contributed by atoms with van der Waals surface area (Å²) < 4.78 is 1.14. The number of rotatable bonds is 4. The highest BCUT2D eigenvalue weighted by molar-refractivity contribution is 9.10. The topological polar surface area (TPSA) is 37.8 Å². The Kier molecular flexibility index (Phi) is 4.60. The molecule has 3 nitrogen and oxygen atoms in total. The Hall–Kier alpha value is -0.940. The van der Waals surface area contributed by atoms with Gasteiger partial charge in [0, 0.05) is 33.6 Å². The van der Waals surface area contributed by atoms with Crippen molar-refractivity contribution >= 4 is 33.1 Å². The lowest BCUT2D eigenvalue weighted by molar-refractivity contribution is 0.696. The van der Waals surface area contributed by atoms with Crippen molar-refractivity contribution in [3.63, 3.8) is 0 Å². The Bertz CT molecular complexity index is 613. The summed E-state index contributed by atoms with van der Waals surface area (Å²) in [6, 6.07) is 4.27. The zero-order chi connectivity index (χ0) is 14.8. The molecule has 0 saturated heterocycles. The van der Waals surface area contributed by atoms with Gasteiger partial charge in [-0.25, -0.2) is 9.97 Å². The third-order valence-electron chi connectivity index (χ3n) is 3.95. The summed E-state index contributed by atoms with van der Waals surface area (Å²) in [6.45, 7) is 5.10. The number of aryl methyl sites for hydroxylation is 1. The van der Waals surface area contributed by atoms with Gasteiger partial charge in [0.2, 0.25) is 0 Å². The Balaban J connectivity index is 2.01. The minimum atomic E-state index is 0.605. The van der Waals surface area contributed by atoms with Crippen molar-refractivity contribution in [2.75, 3.05) is 11.9 Å². The number of hydrogen-bond acceptors (Lipinski definition) is 4. The lowest BCUT2D eigenvalue weighted by Crippen LogP contribution is -2.05. The molecule has 1 N–H and O–H groups in total. The Morgan fingerprint density at radius 3 is 2.67 bits per heavy atom. The first-order chi connectivity index (χ1) is 10.2. The fourth-order valence-corrected chi connectivity index (χ4v) is 4.32. The van der Waals surface area contributed by atoms with Crippen molar-refractivity contribution in [3.8, 4) is 10.7 Å². The molecular weight excluding hydrogens is 346 g/mol. The van der Waals surface area contributed by atoms with E-state index in [4.69, 9.17) is 4.98 Å². The van der Waals surface area contributed by atoms with Crippen LogP contribution in [-0.2, 0) is 0 Å². The maximum absolute atomic E-state index is 4.86. The van der Waals surface area contributed by atoms with E-state index in [2.05, 4.69) is 52.2 Å². The van der Waals surface area contributed by atoms with E-state index in [1.807, 2.05) is 0 Å². The number of nitrogens with one attached hydrogen (secondary N) is 1. The van der Waals surface area contributed by atoms with Crippen LogP contribution < -0.4 is 5.32 Å². The molecule has 2 aromatic rings. The molecule has 1 saturated carbocycles. The molecule has 0 amide bonds. The normalized spacial score (nSPS) is 15.6. The summed E-state index contributed by atoms with van der Waals surface area (Å²) >= 11 is 5.33. The van der Waals surface area contributed by atoms with Gasteiger partial charge in [0.15, 0.2) is 5.82 Å². The van der Waals surface area contributed by atoms with Gasteiger partial charge in [-0.05, 0) is 48.7 Å². The molecule has 0 radical (unpaired) electrons. The highest BCUT2D eigenvalue weighted by Crippen LogP contribution is 2.37. The van der Waals surface area contributed by atoms with Gasteiger partial charge in [0.25, 0.3) is 0 Å². The lowest BCUT2D eigenvalue weighted by atomic mass is 10.0. The molecule has 1 aliphatic carbocycles. The second-order valence-electron chi connectivity index (χ2n) is 5.53. The van der Waals surface area contributed by atoms with E-state index in [1.165, 1.54) is 36.3 Å². The van der Waals surface area contributed by atoms with E-state index in [9.17, 15) is 0 Å². The highest BCUT2D eigenvalue weighted by atomic mass is 79.9. The molecular formula is C16H20BrN3S. The number of thiophene rings is 1. The molecule has 21 heavy (non-hydrogen) atoms. The van der Waals surface area contributed by atoms with Crippen molar-refractivity contribution < 1.29 is 0 Å². The third-order valence-corrected chi connectivity index (χ3v) is 6.09. The predicted molar refractivity (Wildman–Crippen MR) is 93.2 cm³/mol. The van der Waals surface area contributed by atoms with Crippen LogP contribution >= 0.6 is 27.3 Å². The van der Waals surface area contributed by atoms with Crippen LogP contribution in [0.2, 0.25) is 0 Å². The Morgan fingerprint density at radius 1 is 1.29 bits per heavy atom. The van der Waals surface area contributed by atoms with Crippen LogP contribution in [0.1, 0.15) is 49.1 Å². The summed E-state index contributed by atoms with van der Waals surface area (Å²) in [4.78, 5) is 12.0. The molecule has 0 bridgehead atoms. The van der Waals surface area contributed by atoms with E-state index in [-0.39, 0.29) is 0 Å². The number of hydrogen-bond donors (Lipinski definition) is 1. The molecule has 5 heteroatoms. The predicted octanol–water partition coefficient (Wildman–Crippen LogP) is 5.37. The van der Waals surface area contributed by atoms with Gasteiger partial charge >= 0.3 is 0 Å². The quantitative estimate of drug-likeness (QED) is 0.791. The molecule has 0 aliphatic heterocycles. The maximum Gasteiger partial charge on any atom is 0.171 e. The van der Waals surface area contributed by atoms with Crippen molar-refractivity contribution in [2.45, 2.75) is 45.4 Å². The summed E-state index contributed by atoms with van der Waals surface area (Å²) in [5.41, 5.74) is 1.20. The summed E-state index contributed by atoms with van der Waals surface area (Å²) in [6.07, 6.45) is 5.17. The fraction of sp³-hybridized carbons (Fsp3) is 0.500. The van der Waals surface area contributed by atoms with Crippen molar-refractivity contribution in [3.05, 3.63) is 27.2 Å². The second-order valence-corrected chi connectivity index (χ2v) is 7.64. The molecule has 2 aromatic heterocycles. The summed E-state index contributed by atoms with van der Waals surface area (Å²) in [7, 11) is 0. The van der Waals surface area contributed by atoms with Crippen LogP contribution in [0.3, 0.4) is 0 Å². The highest BCUT2D eigenvalue weighted by Gasteiger charge is 2.21. The van der Waals surface area contributed by atoms with Crippen molar-refractivity contribution in [2.24, 2.45) is 0 Å². The Morgan fingerprint density at radius 2 is 2.05 bits per heavy atom. The monoisotopic (exact) mass is 365 g/mol. The average molecular weight is 366 g/mol. The fourth-order valence-electron chi connectivity index (χ4n) is 2.85. The first-order valence-electron chi connectivity index (χ1n) is 7.56. The maximum atomic E-state index is 4.86. The molecule has 1 aliphatic rings. The van der Waals surface area contributed by atoms with E-state index < -0.39 is 0 Å². The molecule has 0 atom stereocenters. The van der Waals surface area contributed by atoms with Crippen LogP contribution in [0, 0.1) is 6.92 Å². The van der Waals surface area contributed by atoms with Gasteiger partial charge in [-0.3, -0.25) is 0 Å². The molecule has 3 rings (SSSR count). The minimum Gasteiger partial charge on any atom is -0.370 e. The van der Waals surface area contributed by atoms with Crippen LogP contribution in [0.4, 0.5) is 5.82 Å². The molecule has 2 heterocycles. The van der Waals surface area contributed by atoms with Crippen molar-refractivity contribution in [1.29, 1.82) is 0 Å². The van der Waals surface area contributed by atoms with Gasteiger partial charge in [-0.15, -0.1) is 11.3 Å². The summed E-state index contributed by atoms with van der Waals surface area (Å²) in [5, 5.41) is 3.34. The molecule has 0 unspecified atom stereocenters. The van der Waals surface area contributed by atoms with Gasteiger partial charge in [-0.2, -0.15) is 0 Å². The molecule has 0 spiro atoms. The van der Waals surface area contributed by atoms with Crippen LogP contribution in [0.15, 0.2) is 16.6 Å². The van der Waals surface area contributed by atoms with Crippen LogP contribution in [-0.4, -0.2) is 16.5 Å². The SMILES string of the molecule is CCNc1cc(C2CCCC2)nc(-c2cc(Br)c(C)s2)n1. The van der Waals surface area contributed by atoms with Crippen molar-refractivity contribution in [1.82, 2.24) is 9.97 Å². The number of nitrogens with zero attached hydrogens (tertiary/aromatic N) is 2. The molecule has 0 aromatic carbocycles. The summed E-state index contributed by atoms with van der Waals surface area (Å²) in [5.74, 6) is 2.41. The first-order valence-corrected chi connectivity index (χ1v) is 9.17. The first kappa shape index (κ1) is 15.0. The smallest absolute Gasteiger partial charge is 0.171 e. The zero-order valence-corrected chi connectivity index (χ0v) is 14.9. The van der Waals surface area contributed by atoms with E-state index in [0.717, 1.165) is 27.5 Å². The number of aromatic nitrogens is 2. The molecule has 112 valence electrons. The number of anilines is 1. The van der Waals surface area contributed by atoms with E-state index >= 15 is 0 Å². The van der Waals surface area contributed by atoms with E-state index in [1.54, 1.807) is 11.3 Å². The third kappa shape index (κ3) is 3.29. The van der Waals surface area contributed by atoms with E-state index in [0.29, 0.717) is 5.92 Å². The van der Waals surface area contributed by atoms with Gasteiger partial charge in [-0.1, -0.05) is 12.8 Å². The largest absolute Gasteiger partial charge is 0.370 e. The number of halogens is 1. The minimum absolute atomic E-state index is 0.605. The zero-order valence-electron chi connectivity index (χ0n) is 12.4. The standard InChI is InChI=1S/C16H20BrN3S/c1-3-18-15-9-13(11-6-4-5-7-11)19-16(20-15)14-8-12(17)10(2)21-14/h8-9,11H,3-7H2,1-2H3,(H,18,19,20). The van der Waals surface area contributed by atoms with Gasteiger partial charge in [0.05, 0.1) is 4.88 Å². The molecule has 1 fully saturated rings.